The van der Waals surface area contributed by atoms with E-state index in [9.17, 15) is 8.78 Å². The minimum atomic E-state index is -0.629. The highest BCUT2D eigenvalue weighted by atomic mass is 19.1. The fourth-order valence-electron chi connectivity index (χ4n) is 2.26. The molecule has 1 aromatic heterocycles. The lowest BCUT2D eigenvalue weighted by Crippen LogP contribution is -2.17. The summed E-state index contributed by atoms with van der Waals surface area (Å²) < 4.78 is 33.3. The third-order valence-corrected chi connectivity index (χ3v) is 3.66. The van der Waals surface area contributed by atoms with Crippen molar-refractivity contribution in [2.24, 2.45) is 0 Å². The van der Waals surface area contributed by atoms with Gasteiger partial charge in [0.1, 0.15) is 11.6 Å². The Labute approximate surface area is 122 Å². The molecule has 2 aromatic rings. The summed E-state index contributed by atoms with van der Waals surface area (Å²) in [7, 11) is 0. The van der Waals surface area contributed by atoms with Crippen LogP contribution in [0.25, 0.3) is 11.3 Å². The van der Waals surface area contributed by atoms with Crippen molar-refractivity contribution in [2.45, 2.75) is 38.6 Å². The Bertz CT molecular complexity index is 635. The molecule has 0 atom stereocenters. The van der Waals surface area contributed by atoms with Gasteiger partial charge in [0.25, 0.3) is 0 Å². The maximum atomic E-state index is 14.0. The Morgan fingerprint density at radius 2 is 2.14 bits per heavy atom. The number of hydrogen-bond donors (Lipinski definition) is 1. The van der Waals surface area contributed by atoms with Crippen LogP contribution in [-0.2, 0) is 6.42 Å². The molecule has 3 nitrogen and oxygen atoms in total. The Morgan fingerprint density at radius 3 is 2.90 bits per heavy atom. The van der Waals surface area contributed by atoms with Crippen LogP contribution in [0.2, 0.25) is 0 Å². The summed E-state index contributed by atoms with van der Waals surface area (Å²) in [5, 5.41) is 3.40. The zero-order chi connectivity index (χ0) is 14.8. The maximum absolute atomic E-state index is 14.0. The first kappa shape index (κ1) is 14.2. The third kappa shape index (κ3) is 3.29. The van der Waals surface area contributed by atoms with Crippen LogP contribution in [-0.4, -0.2) is 17.6 Å². The van der Waals surface area contributed by atoms with Gasteiger partial charge in [0.2, 0.25) is 0 Å². The summed E-state index contributed by atoms with van der Waals surface area (Å²) in [6, 6.07) is 3.34. The molecule has 1 heterocycles. The lowest BCUT2D eigenvalue weighted by Gasteiger charge is -2.04. The minimum absolute atomic E-state index is 0.134. The second-order valence-electron chi connectivity index (χ2n) is 5.50. The second-order valence-corrected chi connectivity index (χ2v) is 5.50. The molecule has 21 heavy (non-hydrogen) atoms. The van der Waals surface area contributed by atoms with E-state index in [2.05, 4.69) is 10.3 Å². The van der Waals surface area contributed by atoms with Crippen LogP contribution in [0.15, 0.2) is 22.7 Å². The minimum Gasteiger partial charge on any atom is -0.441 e. The SMILES string of the molecule is Cc1ccc(F)c(-c2cnc(CCCNC3CC3)o2)c1F. The first-order valence-electron chi connectivity index (χ1n) is 7.28. The highest BCUT2D eigenvalue weighted by molar-refractivity contribution is 5.59. The summed E-state index contributed by atoms with van der Waals surface area (Å²) in [6.07, 6.45) is 5.47. The van der Waals surface area contributed by atoms with Gasteiger partial charge in [0.05, 0.1) is 11.8 Å². The van der Waals surface area contributed by atoms with Crippen molar-refractivity contribution in [3.05, 3.63) is 41.4 Å². The number of halogens is 2. The van der Waals surface area contributed by atoms with Gasteiger partial charge in [0, 0.05) is 12.5 Å². The molecule has 3 rings (SSSR count). The number of nitrogens with zero attached hydrogens (tertiary/aromatic N) is 1. The van der Waals surface area contributed by atoms with Crippen LogP contribution in [0.3, 0.4) is 0 Å². The number of aromatic nitrogens is 1. The Morgan fingerprint density at radius 1 is 1.33 bits per heavy atom. The van der Waals surface area contributed by atoms with Gasteiger partial charge < -0.3 is 9.73 Å². The van der Waals surface area contributed by atoms with Crippen LogP contribution in [0.5, 0.6) is 0 Å². The molecule has 0 unspecified atom stereocenters. The molecule has 0 bridgehead atoms. The fourth-order valence-corrected chi connectivity index (χ4v) is 2.26. The van der Waals surface area contributed by atoms with E-state index < -0.39 is 11.6 Å². The molecular formula is C16H18F2N2O. The Hall–Kier alpha value is -1.75. The zero-order valence-electron chi connectivity index (χ0n) is 12.0. The molecule has 1 saturated carbocycles. The highest BCUT2D eigenvalue weighted by Gasteiger charge is 2.20. The molecule has 1 fully saturated rings. The zero-order valence-corrected chi connectivity index (χ0v) is 12.0. The first-order chi connectivity index (χ1) is 10.1. The predicted octanol–water partition coefficient (Wildman–Crippen LogP) is 3.61. The van der Waals surface area contributed by atoms with E-state index in [1.165, 1.54) is 31.2 Å². The quantitative estimate of drug-likeness (QED) is 0.826. The van der Waals surface area contributed by atoms with Crippen molar-refractivity contribution >= 4 is 0 Å². The summed E-state index contributed by atoms with van der Waals surface area (Å²) in [4.78, 5) is 4.11. The van der Waals surface area contributed by atoms with Crippen molar-refractivity contribution in [2.75, 3.05) is 6.54 Å². The van der Waals surface area contributed by atoms with Crippen LogP contribution in [0, 0.1) is 18.6 Å². The van der Waals surface area contributed by atoms with Gasteiger partial charge in [-0.15, -0.1) is 0 Å². The summed E-state index contributed by atoms with van der Waals surface area (Å²) in [6.45, 7) is 2.51. The van der Waals surface area contributed by atoms with E-state index in [0.717, 1.165) is 13.0 Å². The van der Waals surface area contributed by atoms with Crippen LogP contribution >= 0.6 is 0 Å². The Balaban J connectivity index is 1.68. The molecule has 0 spiro atoms. The van der Waals surface area contributed by atoms with Crippen molar-refractivity contribution in [3.63, 3.8) is 0 Å². The van der Waals surface area contributed by atoms with Crippen LogP contribution < -0.4 is 5.32 Å². The molecule has 112 valence electrons. The number of nitrogens with one attached hydrogen (secondary N) is 1. The van der Waals surface area contributed by atoms with E-state index in [1.54, 1.807) is 6.92 Å². The highest BCUT2D eigenvalue weighted by Crippen LogP contribution is 2.28. The van der Waals surface area contributed by atoms with E-state index in [-0.39, 0.29) is 11.3 Å². The number of oxazole rings is 1. The van der Waals surface area contributed by atoms with Crippen molar-refractivity contribution in [3.8, 4) is 11.3 Å². The molecule has 5 heteroatoms. The fraction of sp³-hybridized carbons (Fsp3) is 0.438. The van der Waals surface area contributed by atoms with E-state index in [0.29, 0.717) is 23.9 Å². The number of benzene rings is 1. The number of hydrogen-bond acceptors (Lipinski definition) is 3. The maximum Gasteiger partial charge on any atom is 0.194 e. The van der Waals surface area contributed by atoms with Gasteiger partial charge in [-0.25, -0.2) is 13.8 Å². The summed E-state index contributed by atoms with van der Waals surface area (Å²) in [5.41, 5.74) is 0.253. The van der Waals surface area contributed by atoms with Gasteiger partial charge in [-0.1, -0.05) is 6.07 Å². The van der Waals surface area contributed by atoms with Crippen LogP contribution in [0.1, 0.15) is 30.7 Å². The number of rotatable bonds is 6. The van der Waals surface area contributed by atoms with Crippen molar-refractivity contribution in [1.29, 1.82) is 0 Å². The molecule has 1 aliphatic rings. The van der Waals surface area contributed by atoms with Crippen LogP contribution in [0.4, 0.5) is 8.78 Å². The van der Waals surface area contributed by atoms with E-state index in [4.69, 9.17) is 4.42 Å². The monoisotopic (exact) mass is 292 g/mol. The van der Waals surface area contributed by atoms with Gasteiger partial charge in [0.15, 0.2) is 11.7 Å². The molecule has 1 N–H and O–H groups in total. The predicted molar refractivity (Wildman–Crippen MR) is 75.9 cm³/mol. The van der Waals surface area contributed by atoms with Gasteiger partial charge in [-0.05, 0) is 44.4 Å². The lowest BCUT2D eigenvalue weighted by molar-refractivity contribution is 0.483. The van der Waals surface area contributed by atoms with Gasteiger partial charge >= 0.3 is 0 Å². The molecular weight excluding hydrogens is 274 g/mol. The number of aryl methyl sites for hydroxylation is 2. The first-order valence-corrected chi connectivity index (χ1v) is 7.28. The van der Waals surface area contributed by atoms with E-state index >= 15 is 0 Å². The summed E-state index contributed by atoms with van der Waals surface area (Å²) in [5.74, 6) is -0.550. The third-order valence-electron chi connectivity index (χ3n) is 3.66. The van der Waals surface area contributed by atoms with Crippen molar-refractivity contribution < 1.29 is 13.2 Å². The average molecular weight is 292 g/mol. The average Bonchev–Trinajstić information content (AvgIpc) is 3.18. The molecule has 1 aliphatic carbocycles. The smallest absolute Gasteiger partial charge is 0.194 e. The topological polar surface area (TPSA) is 38.1 Å². The normalized spacial score (nSPS) is 14.6. The lowest BCUT2D eigenvalue weighted by atomic mass is 10.1. The van der Waals surface area contributed by atoms with Crippen molar-refractivity contribution in [1.82, 2.24) is 10.3 Å². The largest absolute Gasteiger partial charge is 0.441 e. The standard InChI is InChI=1S/C16H18F2N2O/c1-10-4-7-12(17)15(16(10)18)13-9-20-14(21-13)3-2-8-19-11-5-6-11/h4,7,9,11,19H,2-3,5-6,8H2,1H3. The van der Waals surface area contributed by atoms with Gasteiger partial charge in [-0.2, -0.15) is 0 Å². The Kier molecular flexibility index (Phi) is 4.01. The van der Waals surface area contributed by atoms with Gasteiger partial charge in [-0.3, -0.25) is 0 Å². The molecule has 1 aromatic carbocycles. The molecule has 0 radical (unpaired) electrons. The molecule has 0 aliphatic heterocycles. The van der Waals surface area contributed by atoms with E-state index in [1.807, 2.05) is 0 Å². The summed E-state index contributed by atoms with van der Waals surface area (Å²) >= 11 is 0. The molecule has 0 amide bonds. The molecule has 0 saturated heterocycles. The second kappa shape index (κ2) is 5.93.